The van der Waals surface area contributed by atoms with E-state index in [1.54, 1.807) is 7.11 Å². The first kappa shape index (κ1) is 13.1. The summed E-state index contributed by atoms with van der Waals surface area (Å²) in [5.74, 6) is 0.879. The van der Waals surface area contributed by atoms with Gasteiger partial charge in [0.1, 0.15) is 5.75 Å². The predicted octanol–water partition coefficient (Wildman–Crippen LogP) is 3.70. The number of nitrogens with two attached hydrogens (primary N) is 1. The monoisotopic (exact) mass is 305 g/mol. The maximum absolute atomic E-state index is 6.23. The Morgan fingerprint density at radius 2 is 1.89 bits per heavy atom. The molecule has 3 heteroatoms. The van der Waals surface area contributed by atoms with Crippen LogP contribution in [0.25, 0.3) is 0 Å². The number of ether oxygens (including phenoxy) is 1. The van der Waals surface area contributed by atoms with E-state index >= 15 is 0 Å². The van der Waals surface area contributed by atoms with Crippen LogP contribution in [0.3, 0.4) is 0 Å². The summed E-state index contributed by atoms with van der Waals surface area (Å²) in [5.41, 5.74) is 8.48. The van der Waals surface area contributed by atoms with Crippen molar-refractivity contribution in [1.29, 1.82) is 0 Å². The second-order valence-corrected chi connectivity index (χ2v) is 5.09. The van der Waals surface area contributed by atoms with Gasteiger partial charge in [-0.2, -0.15) is 0 Å². The first-order valence-electron chi connectivity index (χ1n) is 5.83. The van der Waals surface area contributed by atoms with Crippen LogP contribution in [0.1, 0.15) is 17.2 Å². The lowest BCUT2D eigenvalue weighted by atomic mass is 9.99. The van der Waals surface area contributed by atoms with Gasteiger partial charge in [0, 0.05) is 10.5 Å². The molecule has 0 aliphatic carbocycles. The van der Waals surface area contributed by atoms with Gasteiger partial charge in [0.15, 0.2) is 0 Å². The summed E-state index contributed by atoms with van der Waals surface area (Å²) in [6, 6.07) is 16.1. The van der Waals surface area contributed by atoms with Gasteiger partial charge < -0.3 is 10.5 Å². The first-order valence-corrected chi connectivity index (χ1v) is 6.63. The molecule has 0 aliphatic heterocycles. The highest BCUT2D eigenvalue weighted by Crippen LogP contribution is 2.26. The van der Waals surface area contributed by atoms with Crippen LogP contribution in [0.4, 0.5) is 0 Å². The minimum Gasteiger partial charge on any atom is -0.496 e. The molecule has 0 spiro atoms. The van der Waals surface area contributed by atoms with Crippen molar-refractivity contribution in [3.8, 4) is 5.75 Å². The minimum atomic E-state index is -0.0191. The van der Waals surface area contributed by atoms with Gasteiger partial charge in [0.05, 0.1) is 7.11 Å². The van der Waals surface area contributed by atoms with Gasteiger partial charge in [-0.3, -0.25) is 0 Å². The Hall–Kier alpha value is -1.32. The van der Waals surface area contributed by atoms with Crippen molar-refractivity contribution in [2.45, 2.75) is 12.5 Å². The van der Waals surface area contributed by atoms with Gasteiger partial charge in [-0.05, 0) is 35.7 Å². The van der Waals surface area contributed by atoms with Crippen molar-refractivity contribution in [3.63, 3.8) is 0 Å². The number of rotatable bonds is 4. The fraction of sp³-hybridized carbons (Fsp3) is 0.200. The first-order chi connectivity index (χ1) is 8.70. The zero-order valence-electron chi connectivity index (χ0n) is 10.3. The summed E-state index contributed by atoms with van der Waals surface area (Å²) in [6.07, 6.45) is 0.757. The Kier molecular flexibility index (Phi) is 4.39. The lowest BCUT2D eigenvalue weighted by molar-refractivity contribution is 0.408. The van der Waals surface area contributed by atoms with E-state index in [2.05, 4.69) is 34.1 Å². The fourth-order valence-corrected chi connectivity index (χ4v) is 2.37. The molecule has 0 heterocycles. The molecule has 0 saturated carbocycles. The summed E-state index contributed by atoms with van der Waals surface area (Å²) < 4.78 is 6.40. The Balaban J connectivity index is 2.21. The van der Waals surface area contributed by atoms with Crippen molar-refractivity contribution < 1.29 is 4.74 Å². The Labute approximate surface area is 116 Å². The molecule has 2 rings (SSSR count). The molecule has 0 aromatic heterocycles. The van der Waals surface area contributed by atoms with Crippen molar-refractivity contribution in [1.82, 2.24) is 0 Å². The average Bonchev–Trinajstić information content (AvgIpc) is 2.40. The van der Waals surface area contributed by atoms with Crippen LogP contribution in [0, 0.1) is 0 Å². The van der Waals surface area contributed by atoms with Crippen LogP contribution < -0.4 is 10.5 Å². The van der Waals surface area contributed by atoms with E-state index in [0.717, 1.165) is 27.8 Å². The molecule has 1 unspecified atom stereocenters. The van der Waals surface area contributed by atoms with Gasteiger partial charge in [-0.25, -0.2) is 0 Å². The Morgan fingerprint density at radius 1 is 1.17 bits per heavy atom. The second-order valence-electron chi connectivity index (χ2n) is 4.18. The van der Waals surface area contributed by atoms with Crippen molar-refractivity contribution in [3.05, 3.63) is 64.1 Å². The molecule has 1 atom stereocenters. The largest absolute Gasteiger partial charge is 0.496 e. The predicted molar refractivity (Wildman–Crippen MR) is 77.8 cm³/mol. The van der Waals surface area contributed by atoms with E-state index in [-0.39, 0.29) is 6.04 Å². The van der Waals surface area contributed by atoms with E-state index in [1.807, 2.05) is 30.3 Å². The van der Waals surface area contributed by atoms with Gasteiger partial charge in [-0.1, -0.05) is 46.3 Å². The molecule has 0 radical (unpaired) electrons. The lowest BCUT2D eigenvalue weighted by Crippen LogP contribution is -2.13. The summed E-state index contributed by atoms with van der Waals surface area (Å²) >= 11 is 3.48. The van der Waals surface area contributed by atoms with Crippen LogP contribution in [0.15, 0.2) is 53.0 Å². The van der Waals surface area contributed by atoms with Crippen LogP contribution in [0.2, 0.25) is 0 Å². The van der Waals surface area contributed by atoms with Gasteiger partial charge in [0.25, 0.3) is 0 Å². The quantitative estimate of drug-likeness (QED) is 0.935. The number of halogens is 1. The molecule has 2 nitrogen and oxygen atoms in total. The summed E-state index contributed by atoms with van der Waals surface area (Å²) in [5, 5.41) is 0. The van der Waals surface area contributed by atoms with E-state index in [9.17, 15) is 0 Å². The van der Waals surface area contributed by atoms with Crippen LogP contribution in [-0.4, -0.2) is 7.11 Å². The van der Waals surface area contributed by atoms with Gasteiger partial charge in [0.2, 0.25) is 0 Å². The SMILES string of the molecule is COc1ccc(Br)cc1CC(N)c1ccccc1. The molecule has 0 fully saturated rings. The highest BCUT2D eigenvalue weighted by molar-refractivity contribution is 9.10. The van der Waals surface area contributed by atoms with Crippen molar-refractivity contribution in [2.24, 2.45) is 5.73 Å². The second kappa shape index (κ2) is 6.03. The number of hydrogen-bond donors (Lipinski definition) is 1. The molecule has 0 saturated heterocycles. The molecule has 0 amide bonds. The highest BCUT2D eigenvalue weighted by Gasteiger charge is 2.10. The van der Waals surface area contributed by atoms with Crippen molar-refractivity contribution in [2.75, 3.05) is 7.11 Å². The van der Waals surface area contributed by atoms with Crippen LogP contribution in [0.5, 0.6) is 5.75 Å². The zero-order valence-corrected chi connectivity index (χ0v) is 11.9. The summed E-state index contributed by atoms with van der Waals surface area (Å²) in [4.78, 5) is 0. The average molecular weight is 306 g/mol. The Morgan fingerprint density at radius 3 is 2.56 bits per heavy atom. The zero-order chi connectivity index (χ0) is 13.0. The normalized spacial score (nSPS) is 12.2. The molecular formula is C15H16BrNO. The molecule has 2 N–H and O–H groups in total. The molecule has 2 aromatic rings. The van der Waals surface area contributed by atoms with Gasteiger partial charge in [-0.15, -0.1) is 0 Å². The van der Waals surface area contributed by atoms with E-state index < -0.39 is 0 Å². The standard InChI is InChI=1S/C15H16BrNO/c1-18-15-8-7-13(16)9-12(15)10-14(17)11-5-3-2-4-6-11/h2-9,14H,10,17H2,1H3. The van der Waals surface area contributed by atoms with Crippen LogP contribution in [-0.2, 0) is 6.42 Å². The minimum absolute atomic E-state index is 0.0191. The molecule has 2 aromatic carbocycles. The highest BCUT2D eigenvalue weighted by atomic mass is 79.9. The van der Waals surface area contributed by atoms with Crippen molar-refractivity contribution >= 4 is 15.9 Å². The van der Waals surface area contributed by atoms with E-state index in [0.29, 0.717) is 0 Å². The fourth-order valence-electron chi connectivity index (χ4n) is 1.96. The third-order valence-electron chi connectivity index (χ3n) is 2.91. The smallest absolute Gasteiger partial charge is 0.122 e. The number of methoxy groups -OCH3 is 1. The van der Waals surface area contributed by atoms with Crippen LogP contribution >= 0.6 is 15.9 Å². The molecule has 0 aliphatic rings. The number of hydrogen-bond acceptors (Lipinski definition) is 2. The third kappa shape index (κ3) is 3.12. The molecule has 0 bridgehead atoms. The summed E-state index contributed by atoms with van der Waals surface area (Å²) in [6.45, 7) is 0. The Bertz CT molecular complexity index is 513. The third-order valence-corrected chi connectivity index (χ3v) is 3.40. The van der Waals surface area contributed by atoms with E-state index in [4.69, 9.17) is 10.5 Å². The maximum Gasteiger partial charge on any atom is 0.122 e. The van der Waals surface area contributed by atoms with Gasteiger partial charge >= 0.3 is 0 Å². The number of benzene rings is 2. The van der Waals surface area contributed by atoms with E-state index in [1.165, 1.54) is 0 Å². The topological polar surface area (TPSA) is 35.2 Å². The molecular weight excluding hydrogens is 290 g/mol. The summed E-state index contributed by atoms with van der Waals surface area (Å²) in [7, 11) is 1.68. The molecule has 94 valence electrons. The lowest BCUT2D eigenvalue weighted by Gasteiger charge is -2.15. The molecule has 18 heavy (non-hydrogen) atoms. The maximum atomic E-state index is 6.23.